The summed E-state index contributed by atoms with van der Waals surface area (Å²) in [5.41, 5.74) is 1.03. The first kappa shape index (κ1) is 17.5. The first-order chi connectivity index (χ1) is 11.1. The van der Waals surface area contributed by atoms with Crippen molar-refractivity contribution in [2.45, 2.75) is 26.7 Å². The number of hydrogen-bond donors (Lipinski definition) is 2. The Bertz CT molecular complexity index is 526. The Morgan fingerprint density at radius 1 is 1.22 bits per heavy atom. The lowest BCUT2D eigenvalue weighted by Gasteiger charge is -2.34. The first-order valence-corrected chi connectivity index (χ1v) is 8.94. The third-order valence-electron chi connectivity index (χ3n) is 3.64. The van der Waals surface area contributed by atoms with E-state index in [0.717, 1.165) is 30.3 Å². The Kier molecular flexibility index (Phi) is 6.64. The highest BCUT2D eigenvalue weighted by atomic mass is 32.1. The fourth-order valence-electron chi connectivity index (χ4n) is 2.34. The van der Waals surface area contributed by atoms with Crippen LogP contribution in [0.3, 0.4) is 0 Å². The molecule has 1 saturated heterocycles. The molecule has 0 atom stereocenters. The number of rotatable bonds is 6. The molecule has 2 N–H and O–H groups in total. The molecule has 0 aliphatic carbocycles. The van der Waals surface area contributed by atoms with Gasteiger partial charge in [-0.15, -0.1) is 11.3 Å². The number of aromatic nitrogens is 1. The Morgan fingerprint density at radius 2 is 1.96 bits per heavy atom. The topological polar surface area (TPSA) is 77.6 Å². The fraction of sp³-hybridized carbons (Fsp3) is 0.667. The minimum atomic E-state index is -0.0942. The van der Waals surface area contributed by atoms with Crippen molar-refractivity contribution in [3.05, 3.63) is 11.1 Å². The van der Waals surface area contributed by atoms with Gasteiger partial charge < -0.3 is 20.4 Å². The van der Waals surface area contributed by atoms with Crippen LogP contribution in [0.5, 0.6) is 0 Å². The first-order valence-electron chi connectivity index (χ1n) is 8.06. The van der Waals surface area contributed by atoms with Crippen molar-refractivity contribution in [3.63, 3.8) is 0 Å². The molecule has 0 unspecified atom stereocenters. The molecule has 0 bridgehead atoms. The van der Waals surface area contributed by atoms with Crippen LogP contribution in [0.1, 0.15) is 25.5 Å². The smallest absolute Gasteiger partial charge is 0.317 e. The molecule has 8 heteroatoms. The molecule has 0 radical (unpaired) electrons. The fourth-order valence-corrected chi connectivity index (χ4v) is 3.19. The maximum absolute atomic E-state index is 12.1. The van der Waals surface area contributed by atoms with Crippen LogP contribution in [0.25, 0.3) is 0 Å². The lowest BCUT2D eigenvalue weighted by molar-refractivity contribution is -0.120. The van der Waals surface area contributed by atoms with Crippen molar-refractivity contribution >= 4 is 28.4 Å². The summed E-state index contributed by atoms with van der Waals surface area (Å²) in [6.45, 7) is 7.98. The van der Waals surface area contributed by atoms with Gasteiger partial charge in [-0.25, -0.2) is 9.78 Å². The van der Waals surface area contributed by atoms with Crippen LogP contribution in [0.2, 0.25) is 0 Å². The van der Waals surface area contributed by atoms with E-state index in [4.69, 9.17) is 0 Å². The van der Waals surface area contributed by atoms with Gasteiger partial charge in [-0.2, -0.15) is 0 Å². The van der Waals surface area contributed by atoms with Gasteiger partial charge in [0.25, 0.3) is 0 Å². The summed E-state index contributed by atoms with van der Waals surface area (Å²) >= 11 is 1.64. The van der Waals surface area contributed by atoms with E-state index < -0.39 is 0 Å². The van der Waals surface area contributed by atoms with E-state index in [2.05, 4.69) is 20.5 Å². The molecule has 0 spiro atoms. The minimum absolute atomic E-state index is 0.0175. The van der Waals surface area contributed by atoms with Crippen LogP contribution in [-0.4, -0.2) is 61.1 Å². The zero-order valence-electron chi connectivity index (χ0n) is 13.8. The molecule has 3 amide bonds. The number of thiazole rings is 1. The van der Waals surface area contributed by atoms with Gasteiger partial charge in [0, 0.05) is 51.1 Å². The number of aryl methyl sites for hydroxylation is 1. The van der Waals surface area contributed by atoms with E-state index in [1.54, 1.807) is 16.2 Å². The molecule has 23 heavy (non-hydrogen) atoms. The van der Waals surface area contributed by atoms with Crippen LogP contribution >= 0.6 is 11.3 Å². The maximum Gasteiger partial charge on any atom is 0.317 e. The quantitative estimate of drug-likeness (QED) is 0.816. The van der Waals surface area contributed by atoms with E-state index in [1.807, 2.05) is 19.2 Å². The predicted molar refractivity (Wildman–Crippen MR) is 92.0 cm³/mol. The molecule has 1 fully saturated rings. The largest absolute Gasteiger partial charge is 0.356 e. The van der Waals surface area contributed by atoms with E-state index in [1.165, 1.54) is 0 Å². The summed E-state index contributed by atoms with van der Waals surface area (Å²) in [4.78, 5) is 32.0. The van der Waals surface area contributed by atoms with E-state index >= 15 is 0 Å². The average molecular weight is 339 g/mol. The number of piperazine rings is 1. The number of nitrogens with one attached hydrogen (secondary N) is 2. The molecular weight excluding hydrogens is 314 g/mol. The summed E-state index contributed by atoms with van der Waals surface area (Å²) in [5, 5.41) is 8.67. The highest BCUT2D eigenvalue weighted by Gasteiger charge is 2.22. The van der Waals surface area contributed by atoms with Gasteiger partial charge in [0.05, 0.1) is 5.69 Å². The third-order valence-corrected chi connectivity index (χ3v) is 4.66. The minimum Gasteiger partial charge on any atom is -0.356 e. The van der Waals surface area contributed by atoms with Crippen LogP contribution in [0, 0.1) is 6.92 Å². The average Bonchev–Trinajstić information content (AvgIpc) is 2.99. The van der Waals surface area contributed by atoms with Crippen LogP contribution < -0.4 is 15.5 Å². The Balaban J connectivity index is 1.66. The number of hydrogen-bond acceptors (Lipinski definition) is 5. The number of carbonyl (C=O) groups excluding carboxylic acids is 2. The van der Waals surface area contributed by atoms with Crippen molar-refractivity contribution in [1.82, 2.24) is 20.5 Å². The molecule has 2 rings (SSSR count). The molecular formula is C15H25N5O2S. The van der Waals surface area contributed by atoms with Gasteiger partial charge in [-0.05, 0) is 13.3 Å². The van der Waals surface area contributed by atoms with Crippen LogP contribution in [-0.2, 0) is 4.79 Å². The lowest BCUT2D eigenvalue weighted by Crippen LogP contribution is -2.52. The molecule has 2 heterocycles. The molecule has 1 aliphatic heterocycles. The number of amides is 3. The number of urea groups is 1. The zero-order chi connectivity index (χ0) is 16.7. The number of nitrogens with zero attached hydrogens (tertiary/aromatic N) is 3. The van der Waals surface area contributed by atoms with E-state index in [0.29, 0.717) is 32.6 Å². The second-order valence-corrected chi connectivity index (χ2v) is 6.41. The van der Waals surface area contributed by atoms with Crippen LogP contribution in [0.15, 0.2) is 5.38 Å². The zero-order valence-corrected chi connectivity index (χ0v) is 14.6. The van der Waals surface area contributed by atoms with Crippen molar-refractivity contribution in [3.8, 4) is 0 Å². The van der Waals surface area contributed by atoms with E-state index in [9.17, 15) is 9.59 Å². The van der Waals surface area contributed by atoms with Gasteiger partial charge in [0.2, 0.25) is 5.91 Å². The monoisotopic (exact) mass is 339 g/mol. The van der Waals surface area contributed by atoms with Gasteiger partial charge in [0.1, 0.15) is 0 Å². The summed E-state index contributed by atoms with van der Waals surface area (Å²) in [7, 11) is 0. The lowest BCUT2D eigenvalue weighted by atomic mass is 10.3. The maximum atomic E-state index is 12.1. The van der Waals surface area contributed by atoms with Crippen molar-refractivity contribution in [2.75, 3.05) is 44.2 Å². The third kappa shape index (κ3) is 5.38. The molecule has 0 saturated carbocycles. The van der Waals surface area contributed by atoms with Crippen molar-refractivity contribution in [2.24, 2.45) is 0 Å². The van der Waals surface area contributed by atoms with E-state index in [-0.39, 0.29) is 11.9 Å². The number of anilines is 1. The Labute approximate surface area is 141 Å². The van der Waals surface area contributed by atoms with Gasteiger partial charge in [-0.1, -0.05) is 6.92 Å². The summed E-state index contributed by atoms with van der Waals surface area (Å²) in [6, 6.07) is -0.0942. The molecule has 1 aromatic rings. The Morgan fingerprint density at radius 3 is 2.57 bits per heavy atom. The predicted octanol–water partition coefficient (Wildman–Crippen LogP) is 1.20. The van der Waals surface area contributed by atoms with Gasteiger partial charge >= 0.3 is 6.03 Å². The van der Waals surface area contributed by atoms with Crippen LogP contribution in [0.4, 0.5) is 9.93 Å². The van der Waals surface area contributed by atoms with Crippen molar-refractivity contribution < 1.29 is 9.59 Å². The standard InChI is InChI=1S/C15H25N5O2S/c1-3-5-16-13(21)4-6-17-14(22)19-7-9-20(10-8-19)15-18-12(2)11-23-15/h11H,3-10H2,1-2H3,(H,16,21)(H,17,22). The summed E-state index contributed by atoms with van der Waals surface area (Å²) in [5.74, 6) is -0.0175. The molecule has 0 aromatic carbocycles. The highest BCUT2D eigenvalue weighted by Crippen LogP contribution is 2.21. The normalized spacial score (nSPS) is 14.7. The Hall–Kier alpha value is -1.83. The van der Waals surface area contributed by atoms with Crippen molar-refractivity contribution in [1.29, 1.82) is 0 Å². The SMILES string of the molecule is CCCNC(=O)CCNC(=O)N1CCN(c2nc(C)cs2)CC1. The summed E-state index contributed by atoms with van der Waals surface area (Å²) < 4.78 is 0. The van der Waals surface area contributed by atoms with Gasteiger partial charge in [0.15, 0.2) is 5.13 Å². The molecule has 7 nitrogen and oxygen atoms in total. The highest BCUT2D eigenvalue weighted by molar-refractivity contribution is 7.13. The molecule has 128 valence electrons. The second-order valence-electron chi connectivity index (χ2n) is 5.58. The van der Waals surface area contributed by atoms with Gasteiger partial charge in [-0.3, -0.25) is 4.79 Å². The number of carbonyl (C=O) groups is 2. The molecule has 1 aromatic heterocycles. The summed E-state index contributed by atoms with van der Waals surface area (Å²) in [6.07, 6.45) is 1.24. The molecule has 1 aliphatic rings. The second kappa shape index (κ2) is 8.71.